The molecule has 1 aliphatic rings. The number of ether oxygens (including phenoxy) is 2. The van der Waals surface area contributed by atoms with E-state index < -0.39 is 0 Å². The monoisotopic (exact) mass is 275 g/mol. The van der Waals surface area contributed by atoms with Crippen molar-refractivity contribution in [2.45, 2.75) is 19.4 Å². The minimum Gasteiger partial charge on any atom is -0.493 e. The fourth-order valence-corrected chi connectivity index (χ4v) is 2.15. The van der Waals surface area contributed by atoms with Crippen LogP contribution in [0.4, 0.5) is 5.69 Å². The molecular formula is C13H17N5O2. The minimum absolute atomic E-state index is 0.564. The Balaban J connectivity index is 2.02. The molecule has 0 atom stereocenters. The lowest BCUT2D eigenvalue weighted by molar-refractivity contribution is 0.355. The van der Waals surface area contributed by atoms with E-state index >= 15 is 0 Å². The van der Waals surface area contributed by atoms with Gasteiger partial charge in [-0.25, -0.2) is 4.68 Å². The molecule has 0 saturated heterocycles. The van der Waals surface area contributed by atoms with Gasteiger partial charge in [0.15, 0.2) is 17.3 Å². The number of tetrazole rings is 1. The molecule has 106 valence electrons. The minimum atomic E-state index is 0.564. The predicted octanol–water partition coefficient (Wildman–Crippen LogP) is 1.35. The topological polar surface area (TPSA) is 88.1 Å². The molecule has 2 N–H and O–H groups in total. The van der Waals surface area contributed by atoms with E-state index in [1.807, 2.05) is 6.07 Å². The van der Waals surface area contributed by atoms with Crippen LogP contribution in [0.2, 0.25) is 0 Å². The van der Waals surface area contributed by atoms with Crippen LogP contribution >= 0.6 is 0 Å². The predicted molar refractivity (Wildman–Crippen MR) is 73.5 cm³/mol. The molecule has 0 unspecified atom stereocenters. The first kappa shape index (κ1) is 12.7. The third kappa shape index (κ3) is 2.26. The first-order valence-corrected chi connectivity index (χ1v) is 6.51. The SMILES string of the molecule is COc1cc(N)c(-c2nnnn2CC2CC2)cc1OC. The van der Waals surface area contributed by atoms with E-state index in [-0.39, 0.29) is 0 Å². The van der Waals surface area contributed by atoms with Crippen molar-refractivity contribution in [1.82, 2.24) is 20.2 Å². The summed E-state index contributed by atoms with van der Waals surface area (Å²) < 4.78 is 12.3. The summed E-state index contributed by atoms with van der Waals surface area (Å²) in [5.74, 6) is 2.54. The molecule has 0 radical (unpaired) electrons. The van der Waals surface area contributed by atoms with Gasteiger partial charge in [0.25, 0.3) is 0 Å². The maximum Gasteiger partial charge on any atom is 0.184 e. The van der Waals surface area contributed by atoms with Crippen LogP contribution in [-0.4, -0.2) is 34.4 Å². The molecular weight excluding hydrogens is 258 g/mol. The van der Waals surface area contributed by atoms with Crippen LogP contribution in [0, 0.1) is 5.92 Å². The van der Waals surface area contributed by atoms with Gasteiger partial charge in [0.1, 0.15) is 0 Å². The highest BCUT2D eigenvalue weighted by Crippen LogP contribution is 2.37. The summed E-state index contributed by atoms with van der Waals surface area (Å²) >= 11 is 0. The van der Waals surface area contributed by atoms with Crippen molar-refractivity contribution >= 4 is 5.69 Å². The molecule has 2 aromatic rings. The van der Waals surface area contributed by atoms with E-state index in [2.05, 4.69) is 15.5 Å². The zero-order chi connectivity index (χ0) is 14.1. The van der Waals surface area contributed by atoms with Crippen LogP contribution in [0.25, 0.3) is 11.4 Å². The zero-order valence-electron chi connectivity index (χ0n) is 11.5. The van der Waals surface area contributed by atoms with Gasteiger partial charge in [-0.15, -0.1) is 5.10 Å². The zero-order valence-corrected chi connectivity index (χ0v) is 11.5. The Kier molecular flexibility index (Phi) is 3.17. The van der Waals surface area contributed by atoms with E-state index in [0.29, 0.717) is 28.9 Å². The fraction of sp³-hybridized carbons (Fsp3) is 0.462. The summed E-state index contributed by atoms with van der Waals surface area (Å²) in [6, 6.07) is 3.54. The van der Waals surface area contributed by atoms with E-state index in [0.717, 1.165) is 12.1 Å². The standard InChI is InChI=1S/C13H17N5O2/c1-19-11-5-9(10(14)6-12(11)20-2)13-15-16-17-18(13)7-8-3-4-8/h5-6,8H,3-4,7,14H2,1-2H3. The van der Waals surface area contributed by atoms with E-state index in [9.17, 15) is 0 Å². The Morgan fingerprint density at radius 2 is 1.95 bits per heavy atom. The van der Waals surface area contributed by atoms with Gasteiger partial charge >= 0.3 is 0 Å². The first-order chi connectivity index (χ1) is 9.72. The van der Waals surface area contributed by atoms with Gasteiger partial charge in [0.2, 0.25) is 0 Å². The van der Waals surface area contributed by atoms with Gasteiger partial charge in [-0.1, -0.05) is 0 Å². The molecule has 20 heavy (non-hydrogen) atoms. The molecule has 1 saturated carbocycles. The number of nitrogens with zero attached hydrogens (tertiary/aromatic N) is 4. The van der Waals surface area contributed by atoms with Gasteiger partial charge in [-0.3, -0.25) is 0 Å². The second-order valence-corrected chi connectivity index (χ2v) is 4.92. The van der Waals surface area contributed by atoms with Crippen molar-refractivity contribution in [3.05, 3.63) is 12.1 Å². The second kappa shape index (κ2) is 4.99. The normalized spacial score (nSPS) is 14.3. The van der Waals surface area contributed by atoms with Gasteiger partial charge in [0.05, 0.1) is 14.2 Å². The highest BCUT2D eigenvalue weighted by molar-refractivity contribution is 5.75. The molecule has 7 nitrogen and oxygen atoms in total. The average Bonchev–Trinajstić information content (AvgIpc) is 3.15. The Bertz CT molecular complexity index is 621. The molecule has 1 aliphatic carbocycles. The molecule has 1 fully saturated rings. The highest BCUT2D eigenvalue weighted by atomic mass is 16.5. The van der Waals surface area contributed by atoms with E-state index in [4.69, 9.17) is 15.2 Å². The number of methoxy groups -OCH3 is 2. The summed E-state index contributed by atoms with van der Waals surface area (Å²) in [5, 5.41) is 11.9. The van der Waals surface area contributed by atoms with Crippen molar-refractivity contribution < 1.29 is 9.47 Å². The molecule has 0 amide bonds. The molecule has 7 heteroatoms. The third-order valence-electron chi connectivity index (χ3n) is 3.46. The van der Waals surface area contributed by atoms with Crippen LogP contribution in [0.5, 0.6) is 11.5 Å². The van der Waals surface area contributed by atoms with Crippen molar-refractivity contribution in [3.8, 4) is 22.9 Å². The second-order valence-electron chi connectivity index (χ2n) is 4.92. The van der Waals surface area contributed by atoms with Gasteiger partial charge < -0.3 is 15.2 Å². The number of benzene rings is 1. The fourth-order valence-electron chi connectivity index (χ4n) is 2.15. The molecule has 1 aromatic heterocycles. The molecule has 1 heterocycles. The number of hydrogen-bond donors (Lipinski definition) is 1. The number of hydrogen-bond acceptors (Lipinski definition) is 6. The summed E-state index contributed by atoms with van der Waals surface area (Å²) in [7, 11) is 3.17. The van der Waals surface area contributed by atoms with Gasteiger partial charge in [-0.2, -0.15) is 0 Å². The van der Waals surface area contributed by atoms with Crippen LogP contribution in [0.1, 0.15) is 12.8 Å². The number of anilines is 1. The number of aromatic nitrogens is 4. The average molecular weight is 275 g/mol. The summed E-state index contributed by atoms with van der Waals surface area (Å²) in [4.78, 5) is 0. The maximum atomic E-state index is 6.08. The van der Waals surface area contributed by atoms with Crippen molar-refractivity contribution in [2.24, 2.45) is 5.92 Å². The van der Waals surface area contributed by atoms with Gasteiger partial charge in [0, 0.05) is 23.9 Å². The number of rotatable bonds is 5. The van der Waals surface area contributed by atoms with Crippen LogP contribution < -0.4 is 15.2 Å². The lowest BCUT2D eigenvalue weighted by Crippen LogP contribution is -2.06. The summed E-state index contributed by atoms with van der Waals surface area (Å²) in [5.41, 5.74) is 7.40. The maximum absolute atomic E-state index is 6.08. The van der Waals surface area contributed by atoms with Crippen LogP contribution in [0.15, 0.2) is 12.1 Å². The highest BCUT2D eigenvalue weighted by Gasteiger charge is 2.25. The number of nitrogen functional groups attached to an aromatic ring is 1. The lowest BCUT2D eigenvalue weighted by atomic mass is 10.1. The quantitative estimate of drug-likeness (QED) is 0.829. The Labute approximate surface area is 116 Å². The van der Waals surface area contributed by atoms with Crippen molar-refractivity contribution in [1.29, 1.82) is 0 Å². The first-order valence-electron chi connectivity index (χ1n) is 6.51. The molecule has 0 spiro atoms. The molecule has 0 bridgehead atoms. The summed E-state index contributed by atoms with van der Waals surface area (Å²) in [6.45, 7) is 0.829. The number of nitrogens with two attached hydrogens (primary N) is 1. The van der Waals surface area contributed by atoms with Crippen LogP contribution in [0.3, 0.4) is 0 Å². The van der Waals surface area contributed by atoms with Crippen molar-refractivity contribution in [3.63, 3.8) is 0 Å². The van der Waals surface area contributed by atoms with E-state index in [1.54, 1.807) is 25.0 Å². The van der Waals surface area contributed by atoms with Crippen LogP contribution in [-0.2, 0) is 6.54 Å². The molecule has 3 rings (SSSR count). The lowest BCUT2D eigenvalue weighted by Gasteiger charge is -2.12. The van der Waals surface area contributed by atoms with Gasteiger partial charge in [-0.05, 0) is 35.3 Å². The van der Waals surface area contributed by atoms with Crippen molar-refractivity contribution in [2.75, 3.05) is 20.0 Å². The largest absolute Gasteiger partial charge is 0.493 e. The molecule has 0 aliphatic heterocycles. The molecule has 1 aromatic carbocycles. The Hall–Kier alpha value is -2.31. The summed E-state index contributed by atoms with van der Waals surface area (Å²) in [6.07, 6.45) is 2.47. The van der Waals surface area contributed by atoms with E-state index in [1.165, 1.54) is 12.8 Å². The Morgan fingerprint density at radius 3 is 2.60 bits per heavy atom. The smallest absolute Gasteiger partial charge is 0.184 e. The third-order valence-corrected chi connectivity index (χ3v) is 3.46. The Morgan fingerprint density at radius 1 is 1.25 bits per heavy atom.